The molecule has 3 N–H and O–H groups in total. The number of dihydropyridines is 1. The zero-order valence-corrected chi connectivity index (χ0v) is 14.8. The molecule has 1 unspecified atom stereocenters. The lowest BCUT2D eigenvalue weighted by molar-refractivity contribution is 0.256. The van der Waals surface area contributed by atoms with E-state index >= 15 is 0 Å². The van der Waals surface area contributed by atoms with Crippen molar-refractivity contribution in [3.8, 4) is 0 Å². The van der Waals surface area contributed by atoms with Crippen LogP contribution in [-0.4, -0.2) is 28.8 Å². The SMILES string of the molecule is COC1=CC=CC(/C(=C/C(=N)c2ncccn2)NCc2ccccc2F)N1. The molecule has 138 valence electrons. The van der Waals surface area contributed by atoms with E-state index in [0.29, 0.717) is 23.0 Å². The molecular formula is C20H20FN5O. The van der Waals surface area contributed by atoms with Gasteiger partial charge in [0.25, 0.3) is 0 Å². The number of aromatic nitrogens is 2. The fourth-order valence-electron chi connectivity index (χ4n) is 2.56. The first-order valence-electron chi connectivity index (χ1n) is 8.41. The smallest absolute Gasteiger partial charge is 0.187 e. The van der Waals surface area contributed by atoms with Gasteiger partial charge in [-0.05, 0) is 24.3 Å². The van der Waals surface area contributed by atoms with Crippen LogP contribution in [0.15, 0.2) is 78.6 Å². The third kappa shape index (κ3) is 4.78. The molecule has 1 atom stereocenters. The molecule has 6 nitrogen and oxygen atoms in total. The van der Waals surface area contributed by atoms with Crippen LogP contribution in [-0.2, 0) is 11.3 Å². The number of benzene rings is 1. The zero-order valence-electron chi connectivity index (χ0n) is 14.8. The van der Waals surface area contributed by atoms with Gasteiger partial charge in [-0.3, -0.25) is 5.41 Å². The normalized spacial score (nSPS) is 16.3. The van der Waals surface area contributed by atoms with E-state index in [1.165, 1.54) is 6.07 Å². The van der Waals surface area contributed by atoms with Crippen LogP contribution in [0.3, 0.4) is 0 Å². The Morgan fingerprint density at radius 2 is 2.07 bits per heavy atom. The van der Waals surface area contributed by atoms with Gasteiger partial charge in [-0.15, -0.1) is 0 Å². The highest BCUT2D eigenvalue weighted by Crippen LogP contribution is 2.13. The van der Waals surface area contributed by atoms with E-state index in [1.54, 1.807) is 55.9 Å². The average Bonchev–Trinajstić information content (AvgIpc) is 2.72. The van der Waals surface area contributed by atoms with Crippen LogP contribution in [0.1, 0.15) is 11.4 Å². The Balaban J connectivity index is 1.83. The van der Waals surface area contributed by atoms with Crippen molar-refractivity contribution in [1.29, 1.82) is 5.41 Å². The minimum atomic E-state index is -0.282. The number of ether oxygens (including phenoxy) is 1. The van der Waals surface area contributed by atoms with E-state index in [4.69, 9.17) is 10.1 Å². The molecule has 1 aromatic heterocycles. The predicted molar refractivity (Wildman–Crippen MR) is 101 cm³/mol. The van der Waals surface area contributed by atoms with Gasteiger partial charge in [0.2, 0.25) is 0 Å². The molecule has 7 heteroatoms. The third-order valence-corrected chi connectivity index (χ3v) is 3.95. The highest BCUT2D eigenvalue weighted by Gasteiger charge is 2.17. The predicted octanol–water partition coefficient (Wildman–Crippen LogP) is 2.67. The van der Waals surface area contributed by atoms with Crippen molar-refractivity contribution in [3.05, 3.63) is 95.8 Å². The first kappa shape index (κ1) is 18.3. The minimum absolute atomic E-state index is 0.148. The van der Waals surface area contributed by atoms with Gasteiger partial charge in [0.05, 0.1) is 13.2 Å². The topological polar surface area (TPSA) is 82.9 Å². The fraction of sp³-hybridized carbons (Fsp3) is 0.150. The number of methoxy groups -OCH3 is 1. The van der Waals surface area contributed by atoms with Gasteiger partial charge < -0.3 is 15.4 Å². The molecule has 0 spiro atoms. The lowest BCUT2D eigenvalue weighted by Gasteiger charge is -2.24. The first-order chi connectivity index (χ1) is 13.2. The van der Waals surface area contributed by atoms with E-state index in [0.717, 1.165) is 0 Å². The maximum absolute atomic E-state index is 13.9. The fourth-order valence-corrected chi connectivity index (χ4v) is 2.56. The monoisotopic (exact) mass is 365 g/mol. The Morgan fingerprint density at radius 1 is 1.30 bits per heavy atom. The molecule has 1 aromatic carbocycles. The van der Waals surface area contributed by atoms with Gasteiger partial charge in [-0.1, -0.05) is 30.4 Å². The number of nitrogens with zero attached hydrogens (tertiary/aromatic N) is 2. The van der Waals surface area contributed by atoms with Gasteiger partial charge in [-0.2, -0.15) is 0 Å². The summed E-state index contributed by atoms with van der Waals surface area (Å²) in [6.45, 7) is 0.277. The molecule has 0 amide bonds. The second kappa shape index (κ2) is 8.75. The Morgan fingerprint density at radius 3 is 2.81 bits per heavy atom. The van der Waals surface area contributed by atoms with E-state index in [2.05, 4.69) is 20.6 Å². The summed E-state index contributed by atoms with van der Waals surface area (Å²) in [6, 6.07) is 8.01. The van der Waals surface area contributed by atoms with E-state index < -0.39 is 0 Å². The molecule has 0 saturated carbocycles. The van der Waals surface area contributed by atoms with Crippen molar-refractivity contribution in [2.75, 3.05) is 7.11 Å². The molecule has 3 rings (SSSR count). The minimum Gasteiger partial charge on any atom is -0.483 e. The summed E-state index contributed by atoms with van der Waals surface area (Å²) in [5, 5.41) is 14.7. The van der Waals surface area contributed by atoms with Crippen LogP contribution in [0.25, 0.3) is 0 Å². The maximum Gasteiger partial charge on any atom is 0.187 e. The number of rotatable bonds is 7. The van der Waals surface area contributed by atoms with Crippen LogP contribution >= 0.6 is 0 Å². The number of hydrogen-bond donors (Lipinski definition) is 3. The molecule has 0 fully saturated rings. The Kier molecular flexibility index (Phi) is 5.94. The largest absolute Gasteiger partial charge is 0.483 e. The quantitative estimate of drug-likeness (QED) is 0.657. The third-order valence-electron chi connectivity index (χ3n) is 3.95. The van der Waals surface area contributed by atoms with Crippen LogP contribution in [0, 0.1) is 11.2 Å². The standard InChI is InChI=1S/C20H20FN5O/c1-27-19-9-4-8-17(26-19)18(12-16(22)20-23-10-5-11-24-20)25-13-14-6-2-3-7-15(14)21/h2-12,17,22,25-26H,13H2,1H3/b18-12-,22-16?. The highest BCUT2D eigenvalue weighted by atomic mass is 19.1. The van der Waals surface area contributed by atoms with Gasteiger partial charge in [0.1, 0.15) is 11.5 Å². The number of halogens is 1. The summed E-state index contributed by atoms with van der Waals surface area (Å²) < 4.78 is 19.2. The summed E-state index contributed by atoms with van der Waals surface area (Å²) in [5.41, 5.74) is 1.36. The first-order valence-corrected chi connectivity index (χ1v) is 8.41. The molecule has 0 radical (unpaired) electrons. The lowest BCUT2D eigenvalue weighted by atomic mass is 10.1. The van der Waals surface area contributed by atoms with E-state index in [-0.39, 0.29) is 24.1 Å². The van der Waals surface area contributed by atoms with E-state index in [9.17, 15) is 4.39 Å². The molecule has 2 heterocycles. The van der Waals surface area contributed by atoms with Gasteiger partial charge in [0.15, 0.2) is 11.7 Å². The Hall–Kier alpha value is -3.48. The second-order valence-electron chi connectivity index (χ2n) is 5.77. The number of hydrogen-bond acceptors (Lipinski definition) is 6. The van der Waals surface area contributed by atoms with Gasteiger partial charge >= 0.3 is 0 Å². The molecule has 27 heavy (non-hydrogen) atoms. The number of allylic oxidation sites excluding steroid dienone is 3. The Bertz CT molecular complexity index is 892. The summed E-state index contributed by atoms with van der Waals surface area (Å²) in [6.07, 6.45) is 10.4. The van der Waals surface area contributed by atoms with Crippen molar-refractivity contribution in [2.45, 2.75) is 12.6 Å². The molecule has 1 aliphatic rings. The lowest BCUT2D eigenvalue weighted by Crippen LogP contribution is -2.37. The van der Waals surface area contributed by atoms with Crippen molar-refractivity contribution in [2.24, 2.45) is 0 Å². The van der Waals surface area contributed by atoms with Gasteiger partial charge in [0, 0.05) is 30.2 Å². The van der Waals surface area contributed by atoms with Crippen LogP contribution < -0.4 is 10.6 Å². The van der Waals surface area contributed by atoms with Crippen LogP contribution in [0.2, 0.25) is 0 Å². The molecule has 0 bridgehead atoms. The summed E-state index contributed by atoms with van der Waals surface area (Å²) in [4.78, 5) is 8.20. The van der Waals surface area contributed by atoms with Crippen molar-refractivity contribution < 1.29 is 9.13 Å². The summed E-state index contributed by atoms with van der Waals surface area (Å²) in [7, 11) is 1.57. The molecule has 2 aromatic rings. The van der Waals surface area contributed by atoms with Crippen molar-refractivity contribution in [1.82, 2.24) is 20.6 Å². The van der Waals surface area contributed by atoms with Crippen molar-refractivity contribution >= 4 is 5.71 Å². The highest BCUT2D eigenvalue weighted by molar-refractivity contribution is 6.04. The number of nitrogens with one attached hydrogen (secondary N) is 3. The summed E-state index contributed by atoms with van der Waals surface area (Å²) >= 11 is 0. The molecular weight excluding hydrogens is 345 g/mol. The summed E-state index contributed by atoms with van der Waals surface area (Å²) in [5.74, 6) is 0.629. The Labute approximate surface area is 157 Å². The second-order valence-corrected chi connectivity index (χ2v) is 5.77. The molecule has 1 aliphatic heterocycles. The molecule has 0 aliphatic carbocycles. The average molecular weight is 365 g/mol. The maximum atomic E-state index is 13.9. The van der Waals surface area contributed by atoms with E-state index in [1.807, 2.05) is 12.2 Å². The molecule has 0 saturated heterocycles. The van der Waals surface area contributed by atoms with Gasteiger partial charge in [-0.25, -0.2) is 14.4 Å². The van der Waals surface area contributed by atoms with Crippen molar-refractivity contribution in [3.63, 3.8) is 0 Å². The zero-order chi connectivity index (χ0) is 19.1. The van der Waals surface area contributed by atoms with Crippen LogP contribution in [0.4, 0.5) is 4.39 Å². The van der Waals surface area contributed by atoms with Crippen LogP contribution in [0.5, 0.6) is 0 Å².